The lowest BCUT2D eigenvalue weighted by Gasteiger charge is -2.62. The van der Waals surface area contributed by atoms with E-state index in [1.165, 1.54) is 32.6 Å². The number of fused-ring (bicyclic) bond motifs is 5. The fourth-order valence-electron chi connectivity index (χ4n) is 9.19. The van der Waals surface area contributed by atoms with Gasteiger partial charge in [0.1, 0.15) is 6.04 Å². The fraction of sp³-hybridized carbons (Fsp3) is 0.926. The Balaban J connectivity index is 1.42. The van der Waals surface area contributed by atoms with E-state index in [2.05, 4.69) is 26.1 Å². The van der Waals surface area contributed by atoms with Gasteiger partial charge in [-0.05, 0) is 111 Å². The summed E-state index contributed by atoms with van der Waals surface area (Å²) in [6.07, 6.45) is 8.99. The van der Waals surface area contributed by atoms with Gasteiger partial charge >= 0.3 is 5.97 Å². The molecule has 4 aliphatic carbocycles. The zero-order chi connectivity index (χ0) is 24.1. The van der Waals surface area contributed by atoms with Crippen LogP contribution in [0.4, 0.5) is 0 Å². The van der Waals surface area contributed by atoms with Crippen LogP contribution in [0, 0.1) is 46.3 Å². The number of aliphatic carboxylic acids is 1. The molecule has 1 amide bonds. The number of hydrogen-bond acceptors (Lipinski definition) is 4. The Morgan fingerprint density at radius 3 is 2.30 bits per heavy atom. The molecule has 0 spiro atoms. The molecule has 0 aromatic rings. The minimum atomic E-state index is -1.00. The van der Waals surface area contributed by atoms with E-state index in [9.17, 15) is 19.8 Å². The molecule has 0 aliphatic heterocycles. The van der Waals surface area contributed by atoms with E-state index < -0.39 is 12.0 Å². The summed E-state index contributed by atoms with van der Waals surface area (Å²) >= 11 is 0. The third kappa shape index (κ3) is 4.35. The summed E-state index contributed by atoms with van der Waals surface area (Å²) < 4.78 is 0. The molecule has 0 aromatic heterocycles. The first-order valence-corrected chi connectivity index (χ1v) is 13.4. The fourth-order valence-corrected chi connectivity index (χ4v) is 9.19. The number of carbonyl (C=O) groups excluding carboxylic acids is 1. The number of amides is 1. The van der Waals surface area contributed by atoms with Gasteiger partial charge in [0.15, 0.2) is 0 Å². The SMILES string of the molecule is CC(NC(=O)CCC(C)C1CCC2C3CC(O)C4CC(O)CCC4(C)C3CCC12C)C(=O)O. The molecule has 6 heteroatoms. The lowest BCUT2D eigenvalue weighted by Crippen LogP contribution is -2.58. The number of carboxylic acids is 1. The number of carbonyl (C=O) groups is 2. The molecule has 0 saturated heterocycles. The van der Waals surface area contributed by atoms with Gasteiger partial charge < -0.3 is 20.6 Å². The monoisotopic (exact) mass is 463 g/mol. The molecule has 0 heterocycles. The zero-order valence-electron chi connectivity index (χ0n) is 20.9. The number of hydrogen-bond donors (Lipinski definition) is 4. The maximum Gasteiger partial charge on any atom is 0.325 e. The molecule has 4 rings (SSSR count). The summed E-state index contributed by atoms with van der Waals surface area (Å²) in [7, 11) is 0. The molecule has 4 N–H and O–H groups in total. The third-order valence-electron chi connectivity index (χ3n) is 11.0. The van der Waals surface area contributed by atoms with Crippen LogP contribution in [0.3, 0.4) is 0 Å². The molecule has 0 aromatic carbocycles. The number of aliphatic hydroxyl groups is 2. The molecule has 11 atom stereocenters. The van der Waals surface area contributed by atoms with E-state index in [0.717, 1.165) is 32.1 Å². The predicted octanol–water partition coefficient (Wildman–Crippen LogP) is 3.98. The van der Waals surface area contributed by atoms with Crippen LogP contribution in [-0.4, -0.2) is 45.4 Å². The van der Waals surface area contributed by atoms with Crippen molar-refractivity contribution >= 4 is 11.9 Å². The highest BCUT2D eigenvalue weighted by Crippen LogP contribution is 2.68. The standard InChI is InChI=1S/C27H45NO5/c1-15(5-8-24(31)28-16(2)25(32)33)19-6-7-20-18-14-23(30)22-13-17(29)9-11-27(22,4)21(18)10-12-26(19,20)3/h15-23,29-30H,5-14H2,1-4H3,(H,28,31)(H,32,33). The van der Waals surface area contributed by atoms with E-state index >= 15 is 0 Å². The Bertz CT molecular complexity index is 757. The Kier molecular flexibility index (Phi) is 6.92. The minimum absolute atomic E-state index is 0.144. The number of nitrogens with one attached hydrogen (secondary N) is 1. The molecule has 6 nitrogen and oxygen atoms in total. The molecular weight excluding hydrogens is 418 g/mol. The summed E-state index contributed by atoms with van der Waals surface area (Å²) in [4.78, 5) is 23.2. The highest BCUT2D eigenvalue weighted by atomic mass is 16.4. The van der Waals surface area contributed by atoms with Crippen LogP contribution in [0.1, 0.15) is 91.9 Å². The van der Waals surface area contributed by atoms with E-state index in [4.69, 9.17) is 5.11 Å². The maximum absolute atomic E-state index is 12.2. The molecule has 4 aliphatic rings. The summed E-state index contributed by atoms with van der Waals surface area (Å²) in [5.41, 5.74) is 0.397. The smallest absolute Gasteiger partial charge is 0.325 e. The van der Waals surface area contributed by atoms with Gasteiger partial charge in [-0.15, -0.1) is 0 Å². The van der Waals surface area contributed by atoms with E-state index in [1.807, 2.05) is 0 Å². The first kappa shape index (κ1) is 25.0. The van der Waals surface area contributed by atoms with Crippen molar-refractivity contribution in [3.63, 3.8) is 0 Å². The largest absolute Gasteiger partial charge is 0.480 e. The zero-order valence-corrected chi connectivity index (χ0v) is 20.9. The summed E-state index contributed by atoms with van der Waals surface area (Å²) in [5.74, 6) is 1.89. The maximum atomic E-state index is 12.2. The van der Waals surface area contributed by atoms with Gasteiger partial charge in [0, 0.05) is 6.42 Å². The van der Waals surface area contributed by atoms with Crippen LogP contribution in [0.2, 0.25) is 0 Å². The first-order valence-electron chi connectivity index (χ1n) is 13.4. The van der Waals surface area contributed by atoms with Crippen molar-refractivity contribution in [2.75, 3.05) is 0 Å². The van der Waals surface area contributed by atoms with E-state index in [1.54, 1.807) is 0 Å². The molecule has 4 saturated carbocycles. The van der Waals surface area contributed by atoms with Crippen LogP contribution < -0.4 is 5.32 Å². The second-order valence-corrected chi connectivity index (χ2v) is 12.6. The van der Waals surface area contributed by atoms with Crippen LogP contribution in [0.5, 0.6) is 0 Å². The third-order valence-corrected chi connectivity index (χ3v) is 11.0. The van der Waals surface area contributed by atoms with E-state index in [-0.39, 0.29) is 34.9 Å². The number of carboxylic acid groups (broad SMARTS) is 1. The highest BCUT2D eigenvalue weighted by molar-refractivity contribution is 5.83. The van der Waals surface area contributed by atoms with Gasteiger partial charge in [0.05, 0.1) is 12.2 Å². The summed E-state index contributed by atoms with van der Waals surface area (Å²) in [6.45, 7) is 8.65. The van der Waals surface area contributed by atoms with Gasteiger partial charge in [-0.2, -0.15) is 0 Å². The van der Waals surface area contributed by atoms with Gasteiger partial charge in [-0.3, -0.25) is 9.59 Å². The quantitative estimate of drug-likeness (QED) is 0.477. The minimum Gasteiger partial charge on any atom is -0.480 e. The molecular formula is C27H45NO5. The summed E-state index contributed by atoms with van der Waals surface area (Å²) in [6, 6.07) is -0.847. The molecule has 11 unspecified atom stereocenters. The lowest BCUT2D eigenvalue weighted by atomic mass is 9.44. The van der Waals surface area contributed by atoms with Gasteiger partial charge in [0.2, 0.25) is 5.91 Å². The number of rotatable bonds is 6. The predicted molar refractivity (Wildman–Crippen MR) is 126 cm³/mol. The van der Waals surface area contributed by atoms with Crippen LogP contribution in [0.15, 0.2) is 0 Å². The Morgan fingerprint density at radius 2 is 1.61 bits per heavy atom. The normalized spacial score (nSPS) is 46.4. The van der Waals surface area contributed by atoms with Gasteiger partial charge in [0.25, 0.3) is 0 Å². The second-order valence-electron chi connectivity index (χ2n) is 12.6. The van der Waals surface area contributed by atoms with Gasteiger partial charge in [-0.1, -0.05) is 20.8 Å². The van der Waals surface area contributed by atoms with Crippen molar-refractivity contribution in [2.45, 2.75) is 110 Å². The van der Waals surface area contributed by atoms with Crippen molar-refractivity contribution < 1.29 is 24.9 Å². The molecule has 0 bridgehead atoms. The molecule has 4 fully saturated rings. The van der Waals surface area contributed by atoms with Crippen LogP contribution >= 0.6 is 0 Å². The molecule has 0 radical (unpaired) electrons. The number of aliphatic hydroxyl groups excluding tert-OH is 2. The van der Waals surface area contributed by atoms with Crippen molar-refractivity contribution in [1.82, 2.24) is 5.32 Å². The Morgan fingerprint density at radius 1 is 0.939 bits per heavy atom. The topological polar surface area (TPSA) is 107 Å². The van der Waals surface area contributed by atoms with Crippen LogP contribution in [-0.2, 0) is 9.59 Å². The first-order chi connectivity index (χ1) is 15.5. The Labute approximate surface area is 198 Å². The summed E-state index contributed by atoms with van der Waals surface area (Å²) in [5, 5.41) is 33.0. The molecule has 33 heavy (non-hydrogen) atoms. The van der Waals surface area contributed by atoms with Crippen molar-refractivity contribution in [2.24, 2.45) is 46.3 Å². The second kappa shape index (κ2) is 9.14. The average Bonchev–Trinajstić information content (AvgIpc) is 3.11. The lowest BCUT2D eigenvalue weighted by molar-refractivity contribution is -0.172. The molecule has 188 valence electrons. The van der Waals surface area contributed by atoms with Gasteiger partial charge in [-0.25, -0.2) is 0 Å². The van der Waals surface area contributed by atoms with Crippen molar-refractivity contribution in [3.8, 4) is 0 Å². The Hall–Kier alpha value is -1.14. The van der Waals surface area contributed by atoms with Crippen molar-refractivity contribution in [1.29, 1.82) is 0 Å². The van der Waals surface area contributed by atoms with E-state index in [0.29, 0.717) is 36.0 Å². The highest BCUT2D eigenvalue weighted by Gasteiger charge is 2.62. The van der Waals surface area contributed by atoms with Crippen molar-refractivity contribution in [3.05, 3.63) is 0 Å². The van der Waals surface area contributed by atoms with Crippen LogP contribution in [0.25, 0.3) is 0 Å². The average molecular weight is 464 g/mol.